The number of halogens is 2. The molecule has 0 radical (unpaired) electrons. The van der Waals surface area contributed by atoms with Gasteiger partial charge in [-0.2, -0.15) is 0 Å². The fourth-order valence-corrected chi connectivity index (χ4v) is 2.36. The SMILES string of the molecule is CCC(C)C(N)C(=O)Nc1ccc(C(=O)NCc2ccccc2F)cc1.Cl. The molecule has 2 aromatic carbocycles. The molecule has 2 amide bonds. The van der Waals surface area contributed by atoms with E-state index in [0.717, 1.165) is 6.42 Å². The largest absolute Gasteiger partial charge is 0.348 e. The molecule has 4 N–H and O–H groups in total. The van der Waals surface area contributed by atoms with Crippen molar-refractivity contribution in [3.05, 3.63) is 65.5 Å². The standard InChI is InChI=1S/C20H24FN3O2.ClH/c1-3-13(2)18(22)20(26)24-16-10-8-14(9-11-16)19(25)23-12-15-6-4-5-7-17(15)21;/h4-11,13,18H,3,12,22H2,1-2H3,(H,23,25)(H,24,26);1H. The molecule has 0 spiro atoms. The van der Waals surface area contributed by atoms with Crippen LogP contribution in [-0.4, -0.2) is 17.9 Å². The lowest BCUT2D eigenvalue weighted by Gasteiger charge is -2.17. The molecule has 0 saturated carbocycles. The molecule has 0 fully saturated rings. The van der Waals surface area contributed by atoms with Crippen molar-refractivity contribution in [2.45, 2.75) is 32.9 Å². The van der Waals surface area contributed by atoms with Crippen LogP contribution in [0.3, 0.4) is 0 Å². The summed E-state index contributed by atoms with van der Waals surface area (Å²) in [5, 5.41) is 5.41. The van der Waals surface area contributed by atoms with Gasteiger partial charge in [0.05, 0.1) is 6.04 Å². The lowest BCUT2D eigenvalue weighted by atomic mass is 9.99. The topological polar surface area (TPSA) is 84.2 Å². The summed E-state index contributed by atoms with van der Waals surface area (Å²) in [6, 6.07) is 12.2. The van der Waals surface area contributed by atoms with Crippen LogP contribution in [0.4, 0.5) is 10.1 Å². The van der Waals surface area contributed by atoms with Crippen LogP contribution in [0, 0.1) is 11.7 Å². The number of carbonyl (C=O) groups excluding carboxylic acids is 2. The first kappa shape index (κ1) is 22.6. The van der Waals surface area contributed by atoms with E-state index in [9.17, 15) is 14.0 Å². The van der Waals surface area contributed by atoms with Crippen LogP contribution in [0.2, 0.25) is 0 Å². The number of nitrogens with one attached hydrogen (secondary N) is 2. The second kappa shape index (κ2) is 10.6. The number of amides is 2. The van der Waals surface area contributed by atoms with Crippen LogP contribution in [0.15, 0.2) is 48.5 Å². The van der Waals surface area contributed by atoms with Gasteiger partial charge in [-0.1, -0.05) is 38.5 Å². The van der Waals surface area contributed by atoms with Crippen molar-refractivity contribution in [1.29, 1.82) is 0 Å². The van der Waals surface area contributed by atoms with E-state index in [0.29, 0.717) is 16.8 Å². The highest BCUT2D eigenvalue weighted by Crippen LogP contribution is 2.13. The highest BCUT2D eigenvalue weighted by molar-refractivity contribution is 5.97. The highest BCUT2D eigenvalue weighted by Gasteiger charge is 2.19. The molecular formula is C20H25ClFN3O2. The summed E-state index contributed by atoms with van der Waals surface area (Å²) in [5.41, 5.74) is 7.31. The summed E-state index contributed by atoms with van der Waals surface area (Å²) in [6.07, 6.45) is 0.815. The van der Waals surface area contributed by atoms with E-state index >= 15 is 0 Å². The number of hydrogen-bond acceptors (Lipinski definition) is 3. The first-order chi connectivity index (χ1) is 12.4. The summed E-state index contributed by atoms with van der Waals surface area (Å²) in [4.78, 5) is 24.2. The Morgan fingerprint density at radius 1 is 1.11 bits per heavy atom. The molecule has 5 nitrogen and oxygen atoms in total. The van der Waals surface area contributed by atoms with Gasteiger partial charge >= 0.3 is 0 Å². The minimum atomic E-state index is -0.580. The fourth-order valence-electron chi connectivity index (χ4n) is 2.36. The van der Waals surface area contributed by atoms with Gasteiger partial charge in [-0.3, -0.25) is 9.59 Å². The van der Waals surface area contributed by atoms with E-state index in [1.165, 1.54) is 6.07 Å². The summed E-state index contributed by atoms with van der Waals surface area (Å²) in [5.74, 6) is -0.847. The Bertz CT molecular complexity index is 768. The van der Waals surface area contributed by atoms with E-state index in [1.54, 1.807) is 42.5 Å². The average molecular weight is 394 g/mol. The number of nitrogens with two attached hydrogens (primary N) is 1. The smallest absolute Gasteiger partial charge is 0.251 e. The molecule has 7 heteroatoms. The third-order valence-corrected chi connectivity index (χ3v) is 4.37. The van der Waals surface area contributed by atoms with Gasteiger partial charge in [0.2, 0.25) is 5.91 Å². The Morgan fingerprint density at radius 3 is 2.33 bits per heavy atom. The monoisotopic (exact) mass is 393 g/mol. The van der Waals surface area contributed by atoms with Gasteiger partial charge in [0.15, 0.2) is 0 Å². The van der Waals surface area contributed by atoms with E-state index in [2.05, 4.69) is 10.6 Å². The Labute approximate surface area is 164 Å². The maximum atomic E-state index is 13.6. The van der Waals surface area contributed by atoms with E-state index in [4.69, 9.17) is 5.73 Å². The van der Waals surface area contributed by atoms with Gasteiger partial charge < -0.3 is 16.4 Å². The first-order valence-electron chi connectivity index (χ1n) is 8.60. The predicted molar refractivity (Wildman–Crippen MR) is 107 cm³/mol. The predicted octanol–water partition coefficient (Wildman–Crippen LogP) is 3.49. The number of carbonyl (C=O) groups is 2. The Hall–Kier alpha value is -2.44. The van der Waals surface area contributed by atoms with Crippen LogP contribution in [0.1, 0.15) is 36.2 Å². The third-order valence-electron chi connectivity index (χ3n) is 4.37. The Kier molecular flexibility index (Phi) is 8.91. The van der Waals surface area contributed by atoms with Crippen LogP contribution in [0.25, 0.3) is 0 Å². The third kappa shape index (κ3) is 6.34. The molecule has 146 valence electrons. The maximum Gasteiger partial charge on any atom is 0.251 e. The fraction of sp³-hybridized carbons (Fsp3) is 0.300. The molecule has 0 aliphatic carbocycles. The van der Waals surface area contributed by atoms with Crippen molar-refractivity contribution in [2.24, 2.45) is 11.7 Å². The van der Waals surface area contributed by atoms with Crippen LogP contribution in [-0.2, 0) is 11.3 Å². The van der Waals surface area contributed by atoms with Crippen molar-refractivity contribution in [2.75, 3.05) is 5.32 Å². The molecular weight excluding hydrogens is 369 g/mol. The molecule has 2 atom stereocenters. The number of anilines is 1. The molecule has 2 aromatic rings. The lowest BCUT2D eigenvalue weighted by molar-refractivity contribution is -0.118. The van der Waals surface area contributed by atoms with Gasteiger partial charge in [0.1, 0.15) is 5.82 Å². The van der Waals surface area contributed by atoms with Crippen LogP contribution in [0.5, 0.6) is 0 Å². The highest BCUT2D eigenvalue weighted by atomic mass is 35.5. The zero-order valence-corrected chi connectivity index (χ0v) is 16.2. The molecule has 0 aliphatic rings. The molecule has 2 rings (SSSR count). The molecule has 27 heavy (non-hydrogen) atoms. The van der Waals surface area contributed by atoms with E-state index in [1.807, 2.05) is 13.8 Å². The van der Waals surface area contributed by atoms with E-state index in [-0.39, 0.29) is 42.5 Å². The summed E-state index contributed by atoms with van der Waals surface area (Å²) in [7, 11) is 0. The van der Waals surface area contributed by atoms with Gasteiger partial charge in [0.25, 0.3) is 5.91 Å². The van der Waals surface area contributed by atoms with Crippen LogP contribution < -0.4 is 16.4 Å². The quantitative estimate of drug-likeness (QED) is 0.673. The van der Waals surface area contributed by atoms with Crippen molar-refractivity contribution in [1.82, 2.24) is 5.32 Å². The molecule has 2 unspecified atom stereocenters. The van der Waals surface area contributed by atoms with Crippen LogP contribution >= 0.6 is 12.4 Å². The minimum absolute atomic E-state index is 0. The summed E-state index contributed by atoms with van der Waals surface area (Å²) >= 11 is 0. The van der Waals surface area contributed by atoms with E-state index < -0.39 is 6.04 Å². The Balaban J connectivity index is 0.00000364. The van der Waals surface area contributed by atoms with Crippen molar-refractivity contribution < 1.29 is 14.0 Å². The zero-order chi connectivity index (χ0) is 19.1. The first-order valence-corrected chi connectivity index (χ1v) is 8.60. The molecule has 0 aliphatic heterocycles. The average Bonchev–Trinajstić information content (AvgIpc) is 2.66. The number of rotatable bonds is 7. The molecule has 0 heterocycles. The van der Waals surface area contributed by atoms with Gasteiger partial charge in [-0.05, 0) is 36.2 Å². The van der Waals surface area contributed by atoms with Crippen molar-refractivity contribution in [3.63, 3.8) is 0 Å². The van der Waals surface area contributed by atoms with Gasteiger partial charge in [-0.25, -0.2) is 4.39 Å². The minimum Gasteiger partial charge on any atom is -0.348 e. The van der Waals surface area contributed by atoms with Gasteiger partial charge in [-0.15, -0.1) is 12.4 Å². The zero-order valence-electron chi connectivity index (χ0n) is 15.4. The number of hydrogen-bond donors (Lipinski definition) is 3. The molecule has 0 saturated heterocycles. The summed E-state index contributed by atoms with van der Waals surface area (Å²) < 4.78 is 13.6. The second-order valence-electron chi connectivity index (χ2n) is 6.25. The molecule has 0 aromatic heterocycles. The normalized spacial score (nSPS) is 12.4. The van der Waals surface area contributed by atoms with Gasteiger partial charge in [0, 0.05) is 23.4 Å². The lowest BCUT2D eigenvalue weighted by Crippen LogP contribution is -2.40. The van der Waals surface area contributed by atoms with Crippen molar-refractivity contribution in [3.8, 4) is 0 Å². The Morgan fingerprint density at radius 2 is 1.74 bits per heavy atom. The number of benzene rings is 2. The molecule has 0 bridgehead atoms. The summed E-state index contributed by atoms with van der Waals surface area (Å²) in [6.45, 7) is 4.01. The second-order valence-corrected chi connectivity index (χ2v) is 6.25. The van der Waals surface area contributed by atoms with Crippen molar-refractivity contribution >= 4 is 29.9 Å². The maximum absolute atomic E-state index is 13.6.